The Kier molecular flexibility index (Phi) is 6.29. The standard InChI is InChI=1S/C49H31B2NO2/c1-3-13-31(14-4-1)25-34-27-35-26-32-29-41-43(30-33(32)28-40(35)50-38-18-7-9-21-44(38)53-46-23-11-17-37(34)48(46)50)52(36-15-5-2-6-16-36)42-20-12-24-47-49(42)51(41)39-19-8-10-22-45(39)54-47/h1-24,26-30H,25H2. The van der Waals surface area contributed by atoms with Crippen molar-refractivity contribution in [1.29, 1.82) is 0 Å². The summed E-state index contributed by atoms with van der Waals surface area (Å²) in [6.45, 7) is 0.0645. The van der Waals surface area contributed by atoms with Crippen LogP contribution in [0.3, 0.4) is 0 Å². The Bertz CT molecular complexity index is 2890. The fraction of sp³-hybridized carbons (Fsp3) is 0.0204. The molecular formula is C49H31B2NO2. The summed E-state index contributed by atoms with van der Waals surface area (Å²) in [6, 6.07) is 61.6. The fourth-order valence-electron chi connectivity index (χ4n) is 9.54. The van der Waals surface area contributed by atoms with Crippen LogP contribution in [-0.2, 0) is 6.42 Å². The summed E-state index contributed by atoms with van der Waals surface area (Å²) in [5.74, 6) is 3.71. The molecule has 5 heteroatoms. The van der Waals surface area contributed by atoms with E-state index >= 15 is 0 Å². The predicted octanol–water partition coefficient (Wildman–Crippen LogP) is 7.96. The number of hydrogen-bond acceptors (Lipinski definition) is 3. The third-order valence-electron chi connectivity index (χ3n) is 11.8. The molecule has 0 amide bonds. The van der Waals surface area contributed by atoms with Gasteiger partial charge in [-0.2, -0.15) is 0 Å². The first-order chi connectivity index (χ1) is 26.8. The molecule has 0 bridgehead atoms. The van der Waals surface area contributed by atoms with Crippen molar-refractivity contribution in [2.75, 3.05) is 4.90 Å². The van der Waals surface area contributed by atoms with Gasteiger partial charge in [-0.3, -0.25) is 0 Å². The van der Waals surface area contributed by atoms with Gasteiger partial charge in [0.15, 0.2) is 0 Å². The Labute approximate surface area is 314 Å². The number of fused-ring (bicyclic) bond motifs is 9. The second-order valence-electron chi connectivity index (χ2n) is 14.8. The van der Waals surface area contributed by atoms with Gasteiger partial charge in [-0.1, -0.05) is 127 Å². The van der Waals surface area contributed by atoms with Crippen molar-refractivity contribution in [3.05, 3.63) is 187 Å². The summed E-state index contributed by atoms with van der Waals surface area (Å²) in [4.78, 5) is 2.43. The minimum Gasteiger partial charge on any atom is -0.458 e. The van der Waals surface area contributed by atoms with E-state index in [4.69, 9.17) is 9.47 Å². The highest BCUT2D eigenvalue weighted by Crippen LogP contribution is 2.42. The van der Waals surface area contributed by atoms with Crippen molar-refractivity contribution in [1.82, 2.24) is 0 Å². The van der Waals surface area contributed by atoms with E-state index in [1.54, 1.807) is 0 Å². The molecule has 54 heavy (non-hydrogen) atoms. The number of nitrogens with zero attached hydrogens (tertiary/aromatic N) is 1. The van der Waals surface area contributed by atoms with E-state index < -0.39 is 0 Å². The first kappa shape index (κ1) is 29.8. The number of hydrogen-bond donors (Lipinski definition) is 0. The maximum atomic E-state index is 6.68. The van der Waals surface area contributed by atoms with Gasteiger partial charge in [0.25, 0.3) is 13.4 Å². The zero-order valence-electron chi connectivity index (χ0n) is 29.4. The van der Waals surface area contributed by atoms with Crippen LogP contribution in [0.25, 0.3) is 22.4 Å². The minimum absolute atomic E-state index is 0.0250. The van der Waals surface area contributed by atoms with Crippen molar-refractivity contribution in [2.24, 2.45) is 0 Å². The zero-order chi connectivity index (χ0) is 35.3. The predicted molar refractivity (Wildman–Crippen MR) is 225 cm³/mol. The zero-order valence-corrected chi connectivity index (χ0v) is 29.4. The van der Waals surface area contributed by atoms with E-state index in [0.717, 1.165) is 40.8 Å². The third-order valence-corrected chi connectivity index (χ3v) is 11.8. The quantitative estimate of drug-likeness (QED) is 0.176. The van der Waals surface area contributed by atoms with Gasteiger partial charge in [0.1, 0.15) is 23.0 Å². The second kappa shape index (κ2) is 11.4. The maximum Gasteiger partial charge on any atom is 0.256 e. The van der Waals surface area contributed by atoms with Crippen molar-refractivity contribution in [3.63, 3.8) is 0 Å². The Balaban J connectivity index is 1.15. The van der Waals surface area contributed by atoms with Crippen molar-refractivity contribution in [3.8, 4) is 23.0 Å². The van der Waals surface area contributed by atoms with Crippen LogP contribution in [0, 0.1) is 0 Å². The largest absolute Gasteiger partial charge is 0.458 e. The molecule has 4 heterocycles. The number of ether oxygens (including phenoxy) is 2. The molecule has 4 aliphatic rings. The lowest BCUT2D eigenvalue weighted by atomic mass is 9.34. The van der Waals surface area contributed by atoms with Gasteiger partial charge in [-0.25, -0.2) is 0 Å². The van der Waals surface area contributed by atoms with Crippen LogP contribution in [0.15, 0.2) is 170 Å². The van der Waals surface area contributed by atoms with Gasteiger partial charge < -0.3 is 14.4 Å². The molecule has 4 aliphatic heterocycles. The maximum absolute atomic E-state index is 6.68. The monoisotopic (exact) mass is 687 g/mol. The van der Waals surface area contributed by atoms with Gasteiger partial charge in [-0.05, 0) is 121 Å². The van der Waals surface area contributed by atoms with Gasteiger partial charge in [0.2, 0.25) is 0 Å². The highest BCUT2D eigenvalue weighted by atomic mass is 16.5. The van der Waals surface area contributed by atoms with E-state index in [1.807, 2.05) is 0 Å². The van der Waals surface area contributed by atoms with Gasteiger partial charge in [0.05, 0.1) is 0 Å². The topological polar surface area (TPSA) is 21.7 Å². The molecule has 0 atom stereocenters. The van der Waals surface area contributed by atoms with Crippen LogP contribution in [0.5, 0.6) is 23.0 Å². The highest BCUT2D eigenvalue weighted by molar-refractivity contribution is 7.00. The van der Waals surface area contributed by atoms with Gasteiger partial charge >= 0.3 is 0 Å². The average Bonchev–Trinajstić information content (AvgIpc) is 3.35. The third kappa shape index (κ3) is 4.33. The van der Waals surface area contributed by atoms with Gasteiger partial charge in [-0.15, -0.1) is 0 Å². The Morgan fingerprint density at radius 3 is 1.80 bits per heavy atom. The highest BCUT2D eigenvalue weighted by Gasteiger charge is 2.42. The smallest absolute Gasteiger partial charge is 0.256 e. The fourth-order valence-corrected chi connectivity index (χ4v) is 9.54. The summed E-state index contributed by atoms with van der Waals surface area (Å²) in [7, 11) is 0. The molecule has 250 valence electrons. The molecule has 0 radical (unpaired) electrons. The van der Waals surface area contributed by atoms with E-state index in [9.17, 15) is 0 Å². The van der Waals surface area contributed by atoms with Gasteiger partial charge in [0, 0.05) is 17.1 Å². The molecule has 3 nitrogen and oxygen atoms in total. The molecule has 0 fully saturated rings. The van der Waals surface area contributed by atoms with E-state index in [0.29, 0.717) is 0 Å². The summed E-state index contributed by atoms with van der Waals surface area (Å²) >= 11 is 0. The van der Waals surface area contributed by atoms with Crippen LogP contribution in [0.1, 0.15) is 16.7 Å². The molecule has 0 unspecified atom stereocenters. The molecule has 12 rings (SSSR count). The SMILES string of the molecule is C1=C(Cc2ccccc2)c2cccc3c2B(c2cc4cc5c(cc4cc21)B1c2ccccc2Oc2cccc(c21)N5c1ccccc1)c1ccccc1O3. The second-order valence-corrected chi connectivity index (χ2v) is 14.8. The Hall–Kier alpha value is -6.71. The summed E-state index contributed by atoms with van der Waals surface area (Å²) < 4.78 is 13.3. The average molecular weight is 687 g/mol. The molecule has 0 aliphatic carbocycles. The Morgan fingerprint density at radius 1 is 0.444 bits per heavy atom. The normalized spacial score (nSPS) is 13.9. The first-order valence-corrected chi connectivity index (χ1v) is 18.8. The summed E-state index contributed by atoms with van der Waals surface area (Å²) in [5.41, 5.74) is 16.0. The molecular weight excluding hydrogens is 656 g/mol. The van der Waals surface area contributed by atoms with Crippen LogP contribution in [0.4, 0.5) is 17.1 Å². The lowest BCUT2D eigenvalue weighted by molar-refractivity contribution is 0.487. The van der Waals surface area contributed by atoms with Crippen molar-refractivity contribution in [2.45, 2.75) is 6.42 Å². The molecule has 8 aromatic rings. The molecule has 0 saturated heterocycles. The lowest BCUT2D eigenvalue weighted by Gasteiger charge is -2.40. The number of benzene rings is 8. The molecule has 0 N–H and O–H groups in total. The number of para-hydroxylation sites is 3. The molecule has 8 aromatic carbocycles. The lowest BCUT2D eigenvalue weighted by Crippen LogP contribution is -2.59. The summed E-state index contributed by atoms with van der Waals surface area (Å²) in [6.07, 6.45) is 3.28. The van der Waals surface area contributed by atoms with Crippen LogP contribution in [0.2, 0.25) is 0 Å². The Morgan fingerprint density at radius 2 is 1.04 bits per heavy atom. The summed E-state index contributed by atoms with van der Waals surface area (Å²) in [5, 5.41) is 2.45. The van der Waals surface area contributed by atoms with Crippen molar-refractivity contribution >= 4 is 85.7 Å². The molecule has 0 saturated carbocycles. The first-order valence-electron chi connectivity index (χ1n) is 18.8. The van der Waals surface area contributed by atoms with E-state index in [1.165, 1.54) is 71.5 Å². The van der Waals surface area contributed by atoms with Crippen LogP contribution >= 0.6 is 0 Å². The molecule has 0 aromatic heterocycles. The van der Waals surface area contributed by atoms with Crippen LogP contribution < -0.4 is 47.2 Å². The number of rotatable bonds is 3. The number of allylic oxidation sites excluding steroid dienone is 1. The number of anilines is 3. The van der Waals surface area contributed by atoms with E-state index in [2.05, 4.69) is 181 Å². The minimum atomic E-state index is 0.0250. The van der Waals surface area contributed by atoms with Crippen LogP contribution in [-0.4, -0.2) is 13.4 Å². The molecule has 0 spiro atoms. The van der Waals surface area contributed by atoms with Crippen molar-refractivity contribution < 1.29 is 9.47 Å². The van der Waals surface area contributed by atoms with E-state index in [-0.39, 0.29) is 13.4 Å².